The lowest BCUT2D eigenvalue weighted by Gasteiger charge is -2.10. The Kier molecular flexibility index (Phi) is 5.34. The van der Waals surface area contributed by atoms with Gasteiger partial charge < -0.3 is 5.73 Å². The molecule has 0 radical (unpaired) electrons. The summed E-state index contributed by atoms with van der Waals surface area (Å²) < 4.78 is 0. The molecule has 2 N–H and O–H groups in total. The highest BCUT2D eigenvalue weighted by Gasteiger charge is 2.09. The third-order valence-electron chi connectivity index (χ3n) is 2.72. The quantitative estimate of drug-likeness (QED) is 0.780. The van der Waals surface area contributed by atoms with Gasteiger partial charge in [0.15, 0.2) is 0 Å². The normalized spacial score (nSPS) is 15.2. The summed E-state index contributed by atoms with van der Waals surface area (Å²) in [4.78, 5) is 3.05. The highest BCUT2D eigenvalue weighted by Crippen LogP contribution is 2.28. The molecular formula is C13H23NS. The van der Waals surface area contributed by atoms with E-state index in [0.29, 0.717) is 12.0 Å². The summed E-state index contributed by atoms with van der Waals surface area (Å²) >= 11 is 1.98. The molecule has 1 aromatic rings. The summed E-state index contributed by atoms with van der Waals surface area (Å²) in [6, 6.07) is 4.91. The van der Waals surface area contributed by atoms with Gasteiger partial charge in [0.25, 0.3) is 0 Å². The van der Waals surface area contributed by atoms with Crippen molar-refractivity contribution in [2.24, 2.45) is 5.73 Å². The largest absolute Gasteiger partial charge is 0.328 e. The van der Waals surface area contributed by atoms with Gasteiger partial charge >= 0.3 is 0 Å². The molecule has 0 saturated heterocycles. The van der Waals surface area contributed by atoms with Gasteiger partial charge in [-0.15, -0.1) is 11.3 Å². The maximum absolute atomic E-state index is 5.78. The lowest BCUT2D eigenvalue weighted by molar-refractivity contribution is 0.573. The first-order valence-electron chi connectivity index (χ1n) is 5.97. The van der Waals surface area contributed by atoms with Crippen LogP contribution in [0.3, 0.4) is 0 Å². The molecule has 1 aromatic heterocycles. The van der Waals surface area contributed by atoms with Gasteiger partial charge in [0.05, 0.1) is 0 Å². The van der Waals surface area contributed by atoms with Crippen LogP contribution in [0.5, 0.6) is 0 Å². The predicted molar refractivity (Wildman–Crippen MR) is 69.6 cm³/mol. The van der Waals surface area contributed by atoms with Gasteiger partial charge in [-0.2, -0.15) is 0 Å². The molecule has 1 heterocycles. The van der Waals surface area contributed by atoms with Crippen LogP contribution in [0.2, 0.25) is 0 Å². The molecule has 0 spiro atoms. The van der Waals surface area contributed by atoms with Crippen LogP contribution < -0.4 is 5.73 Å². The Morgan fingerprint density at radius 3 is 2.60 bits per heavy atom. The zero-order valence-electron chi connectivity index (χ0n) is 10.1. The van der Waals surface area contributed by atoms with Crippen LogP contribution in [-0.2, 0) is 6.42 Å². The topological polar surface area (TPSA) is 26.0 Å². The Hall–Kier alpha value is -0.340. The van der Waals surface area contributed by atoms with E-state index in [1.54, 1.807) is 0 Å². The van der Waals surface area contributed by atoms with Crippen molar-refractivity contribution in [1.82, 2.24) is 0 Å². The SMILES string of the molecule is CCCc1ccc(C(C)CCC(C)N)s1. The van der Waals surface area contributed by atoms with Crippen LogP contribution in [0.4, 0.5) is 0 Å². The summed E-state index contributed by atoms with van der Waals surface area (Å²) in [5.74, 6) is 0.673. The van der Waals surface area contributed by atoms with Gasteiger partial charge in [-0.05, 0) is 44.2 Å². The third-order valence-corrected chi connectivity index (χ3v) is 4.10. The Morgan fingerprint density at radius 1 is 1.27 bits per heavy atom. The fourth-order valence-corrected chi connectivity index (χ4v) is 2.90. The van der Waals surface area contributed by atoms with Gasteiger partial charge in [-0.1, -0.05) is 20.3 Å². The lowest BCUT2D eigenvalue weighted by atomic mass is 10.0. The second-order valence-corrected chi connectivity index (χ2v) is 5.71. The molecule has 0 bridgehead atoms. The molecule has 1 nitrogen and oxygen atoms in total. The van der Waals surface area contributed by atoms with Crippen molar-refractivity contribution in [1.29, 1.82) is 0 Å². The Labute approximate surface area is 97.7 Å². The monoisotopic (exact) mass is 225 g/mol. The third kappa shape index (κ3) is 4.35. The van der Waals surface area contributed by atoms with Gasteiger partial charge in [0.2, 0.25) is 0 Å². The van der Waals surface area contributed by atoms with Crippen LogP contribution in [0, 0.1) is 0 Å². The maximum atomic E-state index is 5.78. The molecule has 0 aliphatic carbocycles. The molecule has 1 rings (SSSR count). The molecule has 0 saturated carbocycles. The van der Waals surface area contributed by atoms with Crippen LogP contribution in [0.25, 0.3) is 0 Å². The van der Waals surface area contributed by atoms with Crippen LogP contribution >= 0.6 is 11.3 Å². The van der Waals surface area contributed by atoms with E-state index in [-0.39, 0.29) is 0 Å². The number of aryl methyl sites for hydroxylation is 1. The summed E-state index contributed by atoms with van der Waals surface area (Å²) in [6.07, 6.45) is 4.81. The molecule has 2 atom stereocenters. The van der Waals surface area contributed by atoms with Crippen molar-refractivity contribution >= 4 is 11.3 Å². The average Bonchev–Trinajstić information content (AvgIpc) is 2.63. The number of nitrogens with two attached hydrogens (primary N) is 1. The fraction of sp³-hybridized carbons (Fsp3) is 0.692. The Morgan fingerprint density at radius 2 is 2.00 bits per heavy atom. The van der Waals surface area contributed by atoms with E-state index in [0.717, 1.165) is 6.42 Å². The molecule has 0 aliphatic rings. The molecule has 86 valence electrons. The van der Waals surface area contributed by atoms with Crippen LogP contribution in [0.15, 0.2) is 12.1 Å². The van der Waals surface area contributed by atoms with E-state index in [4.69, 9.17) is 5.73 Å². The van der Waals surface area contributed by atoms with E-state index in [1.165, 1.54) is 29.0 Å². The Bertz CT molecular complexity index is 278. The van der Waals surface area contributed by atoms with Crippen molar-refractivity contribution in [2.45, 2.75) is 58.4 Å². The van der Waals surface area contributed by atoms with Crippen molar-refractivity contribution in [3.63, 3.8) is 0 Å². The molecule has 0 aromatic carbocycles. The second-order valence-electron chi connectivity index (χ2n) is 4.51. The minimum atomic E-state index is 0.336. The van der Waals surface area contributed by atoms with E-state index >= 15 is 0 Å². The summed E-state index contributed by atoms with van der Waals surface area (Å²) in [5, 5.41) is 0. The predicted octanol–water partition coefficient (Wildman–Crippen LogP) is 3.93. The first kappa shape index (κ1) is 12.7. The smallest absolute Gasteiger partial charge is 0.00763 e. The van der Waals surface area contributed by atoms with Gasteiger partial charge in [-0.3, -0.25) is 0 Å². The highest BCUT2D eigenvalue weighted by atomic mass is 32.1. The molecular weight excluding hydrogens is 202 g/mol. The highest BCUT2D eigenvalue weighted by molar-refractivity contribution is 7.12. The molecule has 2 heteroatoms. The molecule has 0 fully saturated rings. The molecule has 2 unspecified atom stereocenters. The summed E-state index contributed by atoms with van der Waals surface area (Å²) in [7, 11) is 0. The first-order valence-corrected chi connectivity index (χ1v) is 6.79. The van der Waals surface area contributed by atoms with Gasteiger partial charge in [-0.25, -0.2) is 0 Å². The summed E-state index contributed by atoms with van der Waals surface area (Å²) in [6.45, 7) is 6.63. The van der Waals surface area contributed by atoms with Gasteiger partial charge in [0, 0.05) is 15.8 Å². The van der Waals surface area contributed by atoms with Crippen LogP contribution in [0.1, 0.15) is 55.7 Å². The number of hydrogen-bond acceptors (Lipinski definition) is 2. The number of rotatable bonds is 6. The number of thiophene rings is 1. The van der Waals surface area contributed by atoms with Crippen molar-refractivity contribution in [2.75, 3.05) is 0 Å². The van der Waals surface area contributed by atoms with Crippen molar-refractivity contribution < 1.29 is 0 Å². The van der Waals surface area contributed by atoms with Crippen molar-refractivity contribution in [3.05, 3.63) is 21.9 Å². The standard InChI is InChI=1S/C13H23NS/c1-4-5-12-8-9-13(15-12)10(2)6-7-11(3)14/h8-11H,4-7,14H2,1-3H3. The minimum absolute atomic E-state index is 0.336. The van der Waals surface area contributed by atoms with Crippen LogP contribution in [-0.4, -0.2) is 6.04 Å². The lowest BCUT2D eigenvalue weighted by Crippen LogP contribution is -2.15. The minimum Gasteiger partial charge on any atom is -0.328 e. The van der Waals surface area contributed by atoms with E-state index in [2.05, 4.69) is 32.9 Å². The van der Waals surface area contributed by atoms with E-state index < -0.39 is 0 Å². The van der Waals surface area contributed by atoms with Gasteiger partial charge in [0.1, 0.15) is 0 Å². The number of hydrogen-bond donors (Lipinski definition) is 1. The molecule has 15 heavy (non-hydrogen) atoms. The first-order chi connectivity index (χ1) is 7.13. The molecule has 0 amide bonds. The van der Waals surface area contributed by atoms with E-state index in [1.807, 2.05) is 11.3 Å². The summed E-state index contributed by atoms with van der Waals surface area (Å²) in [5.41, 5.74) is 5.78. The van der Waals surface area contributed by atoms with E-state index in [9.17, 15) is 0 Å². The zero-order valence-corrected chi connectivity index (χ0v) is 10.9. The van der Waals surface area contributed by atoms with Crippen molar-refractivity contribution in [3.8, 4) is 0 Å². The Balaban J connectivity index is 2.46. The molecule has 0 aliphatic heterocycles. The maximum Gasteiger partial charge on any atom is 0.00763 e. The second kappa shape index (κ2) is 6.29. The fourth-order valence-electron chi connectivity index (χ4n) is 1.70. The zero-order chi connectivity index (χ0) is 11.3. The average molecular weight is 225 g/mol.